The Bertz CT molecular complexity index is 835. The number of hydrogen-bond acceptors (Lipinski definition) is 5. The van der Waals surface area contributed by atoms with E-state index in [0.29, 0.717) is 29.5 Å². The van der Waals surface area contributed by atoms with Crippen molar-refractivity contribution in [3.05, 3.63) is 53.1 Å². The van der Waals surface area contributed by atoms with Crippen molar-refractivity contribution in [3.8, 4) is 0 Å². The van der Waals surface area contributed by atoms with Crippen molar-refractivity contribution in [2.75, 3.05) is 48.4 Å². The molecule has 1 saturated heterocycles. The molecule has 1 amide bonds. The summed E-state index contributed by atoms with van der Waals surface area (Å²) in [6, 6.07) is 12.5. The van der Waals surface area contributed by atoms with Crippen LogP contribution in [-0.2, 0) is 9.53 Å². The molecule has 0 spiro atoms. The van der Waals surface area contributed by atoms with Gasteiger partial charge in [0.1, 0.15) is 0 Å². The van der Waals surface area contributed by atoms with Gasteiger partial charge in [-0.25, -0.2) is 0 Å². The standard InChI is InChI=1S/C20H22ClN3O3/c1-14(25)15-4-2-5-16(12-15)23-19(26)13-22-18-7-3-6-17(21)20(18)24-8-10-27-11-9-24/h2-7,12,22H,8-11,13H2,1H3,(H,23,26). The summed E-state index contributed by atoms with van der Waals surface area (Å²) in [6.45, 7) is 4.39. The molecule has 3 rings (SSSR count). The molecule has 0 bridgehead atoms. The van der Waals surface area contributed by atoms with Gasteiger partial charge in [-0.1, -0.05) is 29.8 Å². The lowest BCUT2D eigenvalue weighted by atomic mass is 10.1. The van der Waals surface area contributed by atoms with E-state index in [4.69, 9.17) is 16.3 Å². The number of morpholine rings is 1. The Hall–Kier alpha value is -2.57. The van der Waals surface area contributed by atoms with E-state index in [9.17, 15) is 9.59 Å². The normalized spacial score (nSPS) is 13.9. The highest BCUT2D eigenvalue weighted by molar-refractivity contribution is 6.34. The van der Waals surface area contributed by atoms with Crippen LogP contribution in [0.25, 0.3) is 0 Å². The van der Waals surface area contributed by atoms with Crippen molar-refractivity contribution >= 4 is 40.4 Å². The van der Waals surface area contributed by atoms with Crippen LogP contribution < -0.4 is 15.5 Å². The number of halogens is 1. The fourth-order valence-electron chi connectivity index (χ4n) is 2.96. The van der Waals surface area contributed by atoms with Gasteiger partial charge in [0.25, 0.3) is 0 Å². The fraction of sp³-hybridized carbons (Fsp3) is 0.300. The second-order valence-corrected chi connectivity index (χ2v) is 6.68. The number of para-hydroxylation sites is 1. The van der Waals surface area contributed by atoms with Gasteiger partial charge in [-0.3, -0.25) is 9.59 Å². The zero-order valence-corrected chi connectivity index (χ0v) is 15.9. The highest BCUT2D eigenvalue weighted by Crippen LogP contribution is 2.34. The highest BCUT2D eigenvalue weighted by Gasteiger charge is 2.18. The van der Waals surface area contributed by atoms with Crippen LogP contribution in [0.5, 0.6) is 0 Å². The average Bonchev–Trinajstić information content (AvgIpc) is 2.67. The van der Waals surface area contributed by atoms with E-state index in [2.05, 4.69) is 15.5 Å². The first-order chi connectivity index (χ1) is 13.0. The van der Waals surface area contributed by atoms with Crippen LogP contribution in [0, 0.1) is 0 Å². The molecular weight excluding hydrogens is 366 g/mol. The minimum atomic E-state index is -0.205. The molecule has 1 fully saturated rings. The summed E-state index contributed by atoms with van der Waals surface area (Å²) in [4.78, 5) is 25.9. The molecule has 0 saturated carbocycles. The van der Waals surface area contributed by atoms with E-state index < -0.39 is 0 Å². The number of anilines is 3. The second-order valence-electron chi connectivity index (χ2n) is 6.27. The number of amides is 1. The van der Waals surface area contributed by atoms with Gasteiger partial charge in [-0.2, -0.15) is 0 Å². The van der Waals surface area contributed by atoms with Crippen LogP contribution in [0.3, 0.4) is 0 Å². The number of Topliss-reactive ketones (excluding diaryl/α,β-unsaturated/α-hetero) is 1. The number of nitrogens with one attached hydrogen (secondary N) is 2. The minimum absolute atomic E-state index is 0.0432. The number of benzene rings is 2. The Balaban J connectivity index is 1.66. The maximum absolute atomic E-state index is 12.3. The summed E-state index contributed by atoms with van der Waals surface area (Å²) in [5.41, 5.74) is 2.84. The molecule has 0 radical (unpaired) electrons. The monoisotopic (exact) mass is 387 g/mol. The molecule has 0 unspecified atom stereocenters. The molecule has 2 aromatic rings. The minimum Gasteiger partial charge on any atom is -0.378 e. The van der Waals surface area contributed by atoms with Crippen molar-refractivity contribution in [3.63, 3.8) is 0 Å². The van der Waals surface area contributed by atoms with Gasteiger partial charge in [0.15, 0.2) is 5.78 Å². The Morgan fingerprint density at radius 1 is 1.15 bits per heavy atom. The van der Waals surface area contributed by atoms with Gasteiger partial charge in [0.2, 0.25) is 5.91 Å². The van der Waals surface area contributed by atoms with Crippen molar-refractivity contribution in [1.29, 1.82) is 0 Å². The smallest absolute Gasteiger partial charge is 0.243 e. The zero-order valence-electron chi connectivity index (χ0n) is 15.1. The van der Waals surface area contributed by atoms with Crippen LogP contribution in [0.1, 0.15) is 17.3 Å². The number of ether oxygens (including phenoxy) is 1. The third-order valence-corrected chi connectivity index (χ3v) is 4.61. The molecule has 2 N–H and O–H groups in total. The molecule has 27 heavy (non-hydrogen) atoms. The summed E-state index contributed by atoms with van der Waals surface area (Å²) < 4.78 is 5.40. The van der Waals surface area contributed by atoms with E-state index >= 15 is 0 Å². The lowest BCUT2D eigenvalue weighted by molar-refractivity contribution is -0.114. The maximum atomic E-state index is 12.3. The van der Waals surface area contributed by atoms with Gasteiger partial charge in [-0.15, -0.1) is 0 Å². The fourth-order valence-corrected chi connectivity index (χ4v) is 3.26. The molecular formula is C20H22ClN3O3. The first-order valence-corrected chi connectivity index (χ1v) is 9.18. The lowest BCUT2D eigenvalue weighted by Gasteiger charge is -2.31. The van der Waals surface area contributed by atoms with Gasteiger partial charge >= 0.3 is 0 Å². The predicted molar refractivity (Wildman–Crippen MR) is 108 cm³/mol. The van der Waals surface area contributed by atoms with Crippen molar-refractivity contribution < 1.29 is 14.3 Å². The van der Waals surface area contributed by atoms with E-state index in [1.165, 1.54) is 6.92 Å². The molecule has 1 heterocycles. The number of nitrogens with zero attached hydrogens (tertiary/aromatic N) is 1. The summed E-state index contributed by atoms with van der Waals surface area (Å²) in [7, 11) is 0. The van der Waals surface area contributed by atoms with E-state index in [0.717, 1.165) is 24.5 Å². The topological polar surface area (TPSA) is 70.7 Å². The Morgan fingerprint density at radius 3 is 2.63 bits per heavy atom. The summed E-state index contributed by atoms with van der Waals surface area (Å²) in [6.07, 6.45) is 0. The Kier molecular flexibility index (Phi) is 6.32. The highest BCUT2D eigenvalue weighted by atomic mass is 35.5. The molecule has 1 aliphatic rings. The second kappa shape index (κ2) is 8.88. The van der Waals surface area contributed by atoms with E-state index in [1.54, 1.807) is 24.3 Å². The quantitative estimate of drug-likeness (QED) is 0.743. The molecule has 6 nitrogen and oxygen atoms in total. The van der Waals surface area contributed by atoms with E-state index in [1.807, 2.05) is 18.2 Å². The molecule has 0 atom stereocenters. The summed E-state index contributed by atoms with van der Waals surface area (Å²) >= 11 is 6.40. The predicted octanol–water partition coefficient (Wildman–Crippen LogP) is 3.43. The maximum Gasteiger partial charge on any atom is 0.243 e. The summed E-state index contributed by atoms with van der Waals surface area (Å²) in [5.74, 6) is -0.248. The molecule has 142 valence electrons. The van der Waals surface area contributed by atoms with Crippen molar-refractivity contribution in [1.82, 2.24) is 0 Å². The van der Waals surface area contributed by atoms with Gasteiger partial charge < -0.3 is 20.3 Å². The number of rotatable bonds is 6. The van der Waals surface area contributed by atoms with Crippen LogP contribution in [0.15, 0.2) is 42.5 Å². The molecule has 7 heteroatoms. The van der Waals surface area contributed by atoms with Gasteiger partial charge in [0.05, 0.1) is 36.2 Å². The first-order valence-electron chi connectivity index (χ1n) is 8.80. The molecule has 0 aliphatic carbocycles. The number of hydrogen-bond donors (Lipinski definition) is 2. The van der Waals surface area contributed by atoms with Gasteiger partial charge in [0, 0.05) is 24.3 Å². The SMILES string of the molecule is CC(=O)c1cccc(NC(=O)CNc2cccc(Cl)c2N2CCOCC2)c1. The third kappa shape index (κ3) is 4.99. The molecule has 2 aromatic carbocycles. The Labute approximate surface area is 163 Å². The van der Waals surface area contributed by atoms with Crippen LogP contribution >= 0.6 is 11.6 Å². The number of carbonyl (C=O) groups is 2. The average molecular weight is 388 g/mol. The van der Waals surface area contributed by atoms with Crippen LogP contribution in [-0.4, -0.2) is 44.5 Å². The van der Waals surface area contributed by atoms with Crippen LogP contribution in [0.2, 0.25) is 5.02 Å². The van der Waals surface area contributed by atoms with Crippen LogP contribution in [0.4, 0.5) is 17.1 Å². The van der Waals surface area contributed by atoms with Crippen molar-refractivity contribution in [2.45, 2.75) is 6.92 Å². The number of ketones is 1. The largest absolute Gasteiger partial charge is 0.378 e. The van der Waals surface area contributed by atoms with Crippen molar-refractivity contribution in [2.24, 2.45) is 0 Å². The first kappa shape index (κ1) is 19.2. The third-order valence-electron chi connectivity index (χ3n) is 4.31. The van der Waals surface area contributed by atoms with Gasteiger partial charge in [-0.05, 0) is 31.2 Å². The molecule has 0 aromatic heterocycles. The lowest BCUT2D eigenvalue weighted by Crippen LogP contribution is -2.37. The Morgan fingerprint density at radius 2 is 1.89 bits per heavy atom. The number of carbonyl (C=O) groups excluding carboxylic acids is 2. The summed E-state index contributed by atoms with van der Waals surface area (Å²) in [5, 5.41) is 6.60. The molecule has 1 aliphatic heterocycles. The van der Waals surface area contributed by atoms with E-state index in [-0.39, 0.29) is 18.2 Å². The zero-order chi connectivity index (χ0) is 19.2.